The lowest BCUT2D eigenvalue weighted by Gasteiger charge is -2.16. The van der Waals surface area contributed by atoms with Crippen molar-refractivity contribution < 1.29 is 18.0 Å². The predicted molar refractivity (Wildman–Crippen MR) is 145 cm³/mol. The number of pyridine rings is 1. The van der Waals surface area contributed by atoms with Gasteiger partial charge in [-0.1, -0.05) is 25.1 Å². The highest BCUT2D eigenvalue weighted by Gasteiger charge is 2.27. The molecule has 0 radical (unpaired) electrons. The summed E-state index contributed by atoms with van der Waals surface area (Å²) in [7, 11) is -4.07. The van der Waals surface area contributed by atoms with Crippen molar-refractivity contribution in [2.45, 2.75) is 31.4 Å². The summed E-state index contributed by atoms with van der Waals surface area (Å²) >= 11 is 1.13. The van der Waals surface area contributed by atoms with Crippen LogP contribution in [0.2, 0.25) is 0 Å². The van der Waals surface area contributed by atoms with E-state index < -0.39 is 27.8 Å². The number of aromatic nitrogens is 1. The molecule has 1 unspecified atom stereocenters. The van der Waals surface area contributed by atoms with Gasteiger partial charge in [0.2, 0.25) is 5.91 Å². The molecule has 4 rings (SSSR count). The number of nitrogens with zero attached hydrogens (tertiary/aromatic N) is 1. The van der Waals surface area contributed by atoms with E-state index in [-0.39, 0.29) is 16.3 Å². The van der Waals surface area contributed by atoms with Gasteiger partial charge in [0, 0.05) is 34.8 Å². The fourth-order valence-electron chi connectivity index (χ4n) is 3.98. The first-order chi connectivity index (χ1) is 17.6. The molecule has 8 nitrogen and oxygen atoms in total. The van der Waals surface area contributed by atoms with Gasteiger partial charge in [-0.25, -0.2) is 13.1 Å². The van der Waals surface area contributed by atoms with Crippen molar-refractivity contribution in [1.82, 2.24) is 14.6 Å². The highest BCUT2D eigenvalue weighted by molar-refractivity contribution is 7.92. The number of amides is 2. The number of rotatable bonds is 8. The fourth-order valence-corrected chi connectivity index (χ4v) is 6.89. The number of aryl methyl sites for hydroxylation is 2. The number of sulfonamides is 1. The second-order valence-corrected chi connectivity index (χ2v) is 11.7. The molecule has 0 aliphatic rings. The van der Waals surface area contributed by atoms with E-state index in [1.807, 2.05) is 25.1 Å². The van der Waals surface area contributed by atoms with Gasteiger partial charge in [0.15, 0.2) is 0 Å². The van der Waals surface area contributed by atoms with Crippen molar-refractivity contribution >= 4 is 43.3 Å². The van der Waals surface area contributed by atoms with Crippen LogP contribution in [-0.4, -0.2) is 31.3 Å². The molecule has 2 amide bonds. The van der Waals surface area contributed by atoms with Gasteiger partial charge in [-0.3, -0.25) is 19.0 Å². The molecule has 2 N–H and O–H groups in total. The third-order valence-corrected chi connectivity index (χ3v) is 9.35. The normalized spacial score (nSPS) is 12.3. The Balaban J connectivity index is 1.42. The number of hydrogen-bond donors (Lipinski definition) is 2. The molecule has 10 heteroatoms. The SMILES string of the molecule is CCC(CNC(=O)c1ccc(-n2ccccc2=O)cc1)C(=O)NS(=O)(=O)c1sc2cc(C)ccc2c1C. The van der Waals surface area contributed by atoms with Crippen LogP contribution in [0.3, 0.4) is 0 Å². The van der Waals surface area contributed by atoms with Crippen LogP contribution in [0, 0.1) is 19.8 Å². The average Bonchev–Trinajstić information content (AvgIpc) is 3.20. The summed E-state index contributed by atoms with van der Waals surface area (Å²) in [5.41, 5.74) is 2.40. The Morgan fingerprint density at radius 3 is 2.43 bits per heavy atom. The highest BCUT2D eigenvalue weighted by Crippen LogP contribution is 2.34. The number of nitrogens with one attached hydrogen (secondary N) is 2. The Bertz CT molecular complexity index is 1640. The molecule has 2 aromatic heterocycles. The number of benzene rings is 2. The summed E-state index contributed by atoms with van der Waals surface area (Å²) in [5, 5.41) is 3.54. The summed E-state index contributed by atoms with van der Waals surface area (Å²) in [6.45, 7) is 5.39. The number of hydrogen-bond acceptors (Lipinski definition) is 6. The van der Waals surface area contributed by atoms with E-state index in [0.717, 1.165) is 27.0 Å². The average molecular weight is 538 g/mol. The summed E-state index contributed by atoms with van der Waals surface area (Å²) in [4.78, 5) is 37.5. The van der Waals surface area contributed by atoms with Gasteiger partial charge in [0.1, 0.15) is 4.21 Å². The third kappa shape index (κ3) is 5.65. The number of thiophene rings is 1. The number of fused-ring (bicyclic) bond motifs is 1. The second kappa shape index (κ2) is 10.7. The molecule has 0 aliphatic carbocycles. The molecule has 2 aromatic carbocycles. The van der Waals surface area contributed by atoms with Crippen molar-refractivity contribution in [3.05, 3.63) is 93.9 Å². The van der Waals surface area contributed by atoms with E-state index in [9.17, 15) is 22.8 Å². The first-order valence-electron chi connectivity index (χ1n) is 11.7. The maximum absolute atomic E-state index is 13.0. The van der Waals surface area contributed by atoms with Crippen molar-refractivity contribution in [3.63, 3.8) is 0 Å². The molecule has 2 heterocycles. The third-order valence-electron chi connectivity index (χ3n) is 6.13. The lowest BCUT2D eigenvalue weighted by molar-refractivity contribution is -0.123. The zero-order chi connectivity index (χ0) is 26.7. The topological polar surface area (TPSA) is 114 Å². The van der Waals surface area contributed by atoms with Gasteiger partial charge in [-0.05, 0) is 73.2 Å². The minimum atomic E-state index is -4.07. The lowest BCUT2D eigenvalue weighted by Crippen LogP contribution is -2.41. The molecule has 0 saturated carbocycles. The van der Waals surface area contributed by atoms with E-state index in [4.69, 9.17) is 0 Å². The van der Waals surface area contributed by atoms with E-state index in [2.05, 4.69) is 10.0 Å². The van der Waals surface area contributed by atoms with Crippen molar-refractivity contribution in [2.75, 3.05) is 6.54 Å². The van der Waals surface area contributed by atoms with Crippen LogP contribution in [0.25, 0.3) is 15.8 Å². The van der Waals surface area contributed by atoms with Crippen molar-refractivity contribution in [1.29, 1.82) is 0 Å². The van der Waals surface area contributed by atoms with Crippen LogP contribution >= 0.6 is 11.3 Å². The largest absolute Gasteiger partial charge is 0.351 e. The predicted octanol–water partition coefficient (Wildman–Crippen LogP) is 3.93. The molecule has 37 heavy (non-hydrogen) atoms. The number of carbonyl (C=O) groups is 2. The van der Waals surface area contributed by atoms with Gasteiger partial charge < -0.3 is 5.32 Å². The first-order valence-corrected chi connectivity index (χ1v) is 14.0. The minimum absolute atomic E-state index is 0.0266. The Morgan fingerprint density at radius 2 is 1.76 bits per heavy atom. The summed E-state index contributed by atoms with van der Waals surface area (Å²) in [6, 6.07) is 17.0. The maximum atomic E-state index is 13.0. The van der Waals surface area contributed by atoms with Crippen molar-refractivity contribution in [2.24, 2.45) is 5.92 Å². The van der Waals surface area contributed by atoms with Gasteiger partial charge >= 0.3 is 0 Å². The second-order valence-electron chi connectivity index (χ2n) is 8.75. The van der Waals surface area contributed by atoms with Crippen LogP contribution in [0.5, 0.6) is 0 Å². The molecular formula is C27H27N3O5S2. The Labute approximate surface area is 219 Å². The molecule has 0 aliphatic heterocycles. The Morgan fingerprint density at radius 1 is 1.03 bits per heavy atom. The van der Waals surface area contributed by atoms with E-state index in [1.54, 1.807) is 56.4 Å². The lowest BCUT2D eigenvalue weighted by atomic mass is 10.1. The summed E-state index contributed by atoms with van der Waals surface area (Å²) in [6.07, 6.45) is 1.97. The van der Waals surface area contributed by atoms with Crippen LogP contribution < -0.4 is 15.6 Å². The van der Waals surface area contributed by atoms with Gasteiger partial charge in [0.05, 0.1) is 5.92 Å². The maximum Gasteiger partial charge on any atom is 0.273 e. The van der Waals surface area contributed by atoms with Crippen LogP contribution in [0.15, 0.2) is 75.9 Å². The quantitative estimate of drug-likeness (QED) is 0.354. The first kappa shape index (κ1) is 26.3. The van der Waals surface area contributed by atoms with Crippen LogP contribution in [-0.2, 0) is 14.8 Å². The van der Waals surface area contributed by atoms with Crippen LogP contribution in [0.4, 0.5) is 0 Å². The molecular weight excluding hydrogens is 510 g/mol. The molecule has 4 aromatic rings. The fraction of sp³-hybridized carbons (Fsp3) is 0.222. The molecule has 0 bridgehead atoms. The highest BCUT2D eigenvalue weighted by atomic mass is 32.2. The van der Waals surface area contributed by atoms with Gasteiger partial charge in [-0.2, -0.15) is 0 Å². The summed E-state index contributed by atoms with van der Waals surface area (Å²) in [5.74, 6) is -1.82. The zero-order valence-electron chi connectivity index (χ0n) is 20.6. The van der Waals surface area contributed by atoms with Crippen LogP contribution in [0.1, 0.15) is 34.8 Å². The van der Waals surface area contributed by atoms with E-state index in [1.165, 1.54) is 10.6 Å². The molecule has 0 spiro atoms. The van der Waals surface area contributed by atoms with E-state index >= 15 is 0 Å². The zero-order valence-corrected chi connectivity index (χ0v) is 22.3. The Kier molecular flexibility index (Phi) is 7.60. The smallest absolute Gasteiger partial charge is 0.273 e. The van der Waals surface area contributed by atoms with Gasteiger partial charge in [0.25, 0.3) is 21.5 Å². The number of carbonyl (C=O) groups excluding carboxylic acids is 2. The van der Waals surface area contributed by atoms with Gasteiger partial charge in [-0.15, -0.1) is 11.3 Å². The Hall–Kier alpha value is -3.76. The summed E-state index contributed by atoms with van der Waals surface area (Å²) < 4.78 is 30.7. The molecule has 1 atom stereocenters. The molecule has 0 fully saturated rings. The molecule has 192 valence electrons. The standard InChI is InChI=1S/C27H27N3O5S2/c1-4-19(16-28-25(32)20-9-11-21(12-10-20)30-14-6-5-7-24(30)31)26(33)29-37(34,35)27-18(3)22-13-8-17(2)15-23(22)36-27/h5-15,19H,4,16H2,1-3H3,(H,28,32)(H,29,33). The van der Waals surface area contributed by atoms with Crippen molar-refractivity contribution in [3.8, 4) is 5.69 Å². The molecule has 0 saturated heterocycles. The monoisotopic (exact) mass is 537 g/mol. The minimum Gasteiger partial charge on any atom is -0.351 e. The van der Waals surface area contributed by atoms with E-state index in [0.29, 0.717) is 23.2 Å².